The molecule has 0 saturated carbocycles. The van der Waals surface area contributed by atoms with Crippen LogP contribution in [0.4, 0.5) is 14.5 Å². The van der Waals surface area contributed by atoms with E-state index in [0.29, 0.717) is 17.1 Å². The van der Waals surface area contributed by atoms with Crippen LogP contribution in [0.25, 0.3) is 0 Å². The fourth-order valence-corrected chi connectivity index (χ4v) is 4.58. The first-order valence-electron chi connectivity index (χ1n) is 8.70. The number of sulfonamides is 1. The van der Waals surface area contributed by atoms with E-state index >= 15 is 0 Å². The van der Waals surface area contributed by atoms with Crippen molar-refractivity contribution in [3.63, 3.8) is 0 Å². The van der Waals surface area contributed by atoms with Crippen molar-refractivity contribution < 1.29 is 26.7 Å². The van der Waals surface area contributed by atoms with Crippen molar-refractivity contribution in [2.24, 2.45) is 0 Å². The number of anilines is 1. The monoisotopic (exact) mass is 453 g/mol. The lowest BCUT2D eigenvalue weighted by Gasteiger charge is -2.25. The Bertz CT molecular complexity index is 1170. The van der Waals surface area contributed by atoms with Crippen LogP contribution in [0.15, 0.2) is 65.6 Å². The molecule has 30 heavy (non-hydrogen) atoms. The summed E-state index contributed by atoms with van der Waals surface area (Å²) in [4.78, 5) is -0.208. The maximum atomic E-state index is 13.7. The van der Waals surface area contributed by atoms with Gasteiger partial charge in [0.25, 0.3) is 10.0 Å². The van der Waals surface area contributed by atoms with E-state index in [1.165, 1.54) is 44.6 Å². The Morgan fingerprint density at radius 2 is 1.67 bits per heavy atom. The zero-order chi connectivity index (χ0) is 21.9. The molecule has 0 radical (unpaired) electrons. The largest absolute Gasteiger partial charge is 0.493 e. The molecule has 0 aliphatic rings. The van der Waals surface area contributed by atoms with Crippen LogP contribution in [0, 0.1) is 11.6 Å². The van der Waals surface area contributed by atoms with E-state index in [2.05, 4.69) is 0 Å². The van der Waals surface area contributed by atoms with Crippen molar-refractivity contribution in [2.45, 2.75) is 11.4 Å². The summed E-state index contributed by atoms with van der Waals surface area (Å²) in [7, 11) is -1.30. The van der Waals surface area contributed by atoms with Gasteiger partial charge in [0.15, 0.2) is 11.5 Å². The van der Waals surface area contributed by atoms with Gasteiger partial charge in [0.05, 0.1) is 36.4 Å². The second-order valence-electron chi connectivity index (χ2n) is 6.26. The number of hydrogen-bond donors (Lipinski definition) is 0. The minimum Gasteiger partial charge on any atom is -0.493 e. The van der Waals surface area contributed by atoms with Crippen molar-refractivity contribution in [2.75, 3.05) is 18.5 Å². The minimum atomic E-state index is -4.19. The molecule has 3 aromatic rings. The molecule has 158 valence electrons. The van der Waals surface area contributed by atoms with E-state index in [-0.39, 0.29) is 22.2 Å². The Kier molecular flexibility index (Phi) is 6.48. The van der Waals surface area contributed by atoms with Crippen LogP contribution >= 0.6 is 11.6 Å². The van der Waals surface area contributed by atoms with Crippen molar-refractivity contribution in [3.8, 4) is 11.5 Å². The molecule has 3 rings (SSSR count). The quantitative estimate of drug-likeness (QED) is 0.503. The average Bonchev–Trinajstić information content (AvgIpc) is 2.73. The number of rotatable bonds is 7. The van der Waals surface area contributed by atoms with Crippen LogP contribution in [0.5, 0.6) is 11.5 Å². The fourth-order valence-electron chi connectivity index (χ4n) is 2.86. The first-order valence-corrected chi connectivity index (χ1v) is 10.5. The fraction of sp³-hybridized carbons (Fsp3) is 0.143. The van der Waals surface area contributed by atoms with Gasteiger partial charge in [0, 0.05) is 6.07 Å². The molecule has 0 aliphatic heterocycles. The van der Waals surface area contributed by atoms with E-state index in [1.54, 1.807) is 12.1 Å². The lowest BCUT2D eigenvalue weighted by atomic mass is 10.2. The number of nitrogens with zero attached hydrogens (tertiary/aromatic N) is 1. The SMILES string of the molecule is COc1ccc(N(Cc2cccc(F)c2)S(=O)(=O)c2ccc(F)c(Cl)c2)cc1OC. The van der Waals surface area contributed by atoms with Crippen LogP contribution in [-0.4, -0.2) is 22.6 Å². The Morgan fingerprint density at radius 3 is 2.30 bits per heavy atom. The van der Waals surface area contributed by atoms with Gasteiger partial charge in [-0.2, -0.15) is 0 Å². The molecule has 0 heterocycles. The Balaban J connectivity index is 2.15. The molecule has 0 amide bonds. The molecule has 3 aromatic carbocycles. The number of ether oxygens (including phenoxy) is 2. The lowest BCUT2D eigenvalue weighted by molar-refractivity contribution is 0.355. The van der Waals surface area contributed by atoms with Crippen molar-refractivity contribution in [3.05, 3.63) is 82.9 Å². The number of hydrogen-bond acceptors (Lipinski definition) is 4. The van der Waals surface area contributed by atoms with Crippen LogP contribution in [0.3, 0.4) is 0 Å². The zero-order valence-corrected chi connectivity index (χ0v) is 17.7. The van der Waals surface area contributed by atoms with Crippen molar-refractivity contribution in [1.82, 2.24) is 0 Å². The van der Waals surface area contributed by atoms with Crippen molar-refractivity contribution in [1.29, 1.82) is 0 Å². The third kappa shape index (κ3) is 4.49. The van der Waals surface area contributed by atoms with E-state index in [0.717, 1.165) is 22.5 Å². The van der Waals surface area contributed by atoms with Gasteiger partial charge in [0.1, 0.15) is 11.6 Å². The Hall–Kier alpha value is -2.84. The highest BCUT2D eigenvalue weighted by molar-refractivity contribution is 7.92. The van der Waals surface area contributed by atoms with E-state index in [9.17, 15) is 17.2 Å². The summed E-state index contributed by atoms with van der Waals surface area (Å²) in [6.07, 6.45) is 0. The molecule has 0 N–H and O–H groups in total. The van der Waals surface area contributed by atoms with Gasteiger partial charge < -0.3 is 9.47 Å². The van der Waals surface area contributed by atoms with Gasteiger partial charge >= 0.3 is 0 Å². The van der Waals surface area contributed by atoms with Gasteiger partial charge in [-0.1, -0.05) is 23.7 Å². The predicted molar refractivity (Wildman–Crippen MR) is 111 cm³/mol. The van der Waals surface area contributed by atoms with Crippen LogP contribution in [-0.2, 0) is 16.6 Å². The van der Waals surface area contributed by atoms with E-state index < -0.39 is 21.7 Å². The summed E-state index contributed by atoms with van der Waals surface area (Å²) in [6.45, 7) is -0.176. The second-order valence-corrected chi connectivity index (χ2v) is 8.53. The third-order valence-electron chi connectivity index (χ3n) is 4.35. The van der Waals surface area contributed by atoms with Gasteiger partial charge in [-0.25, -0.2) is 17.2 Å². The molecular weight excluding hydrogens is 436 g/mol. The lowest BCUT2D eigenvalue weighted by Crippen LogP contribution is -2.30. The summed E-state index contributed by atoms with van der Waals surface area (Å²) >= 11 is 5.79. The number of methoxy groups -OCH3 is 2. The third-order valence-corrected chi connectivity index (χ3v) is 6.41. The van der Waals surface area contributed by atoms with E-state index in [4.69, 9.17) is 21.1 Å². The maximum Gasteiger partial charge on any atom is 0.264 e. The Morgan fingerprint density at radius 1 is 0.933 bits per heavy atom. The molecule has 0 aliphatic carbocycles. The van der Waals surface area contributed by atoms with Crippen LogP contribution in [0.2, 0.25) is 5.02 Å². The molecule has 0 atom stereocenters. The van der Waals surface area contributed by atoms with Gasteiger partial charge in [0.2, 0.25) is 0 Å². The van der Waals surface area contributed by atoms with Crippen LogP contribution in [0.1, 0.15) is 5.56 Å². The van der Waals surface area contributed by atoms with Crippen molar-refractivity contribution >= 4 is 27.3 Å². The summed E-state index contributed by atoms with van der Waals surface area (Å²) in [5.74, 6) is -0.513. The van der Waals surface area contributed by atoms with Gasteiger partial charge in [-0.05, 0) is 48.0 Å². The molecule has 0 unspecified atom stereocenters. The summed E-state index contributed by atoms with van der Waals surface area (Å²) in [6, 6.07) is 13.3. The topological polar surface area (TPSA) is 55.8 Å². The van der Waals surface area contributed by atoms with Crippen LogP contribution < -0.4 is 13.8 Å². The highest BCUT2D eigenvalue weighted by Crippen LogP contribution is 2.35. The predicted octanol–water partition coefficient (Wildman–Crippen LogP) is 5.03. The molecule has 5 nitrogen and oxygen atoms in total. The highest BCUT2D eigenvalue weighted by atomic mass is 35.5. The smallest absolute Gasteiger partial charge is 0.264 e. The molecule has 0 spiro atoms. The summed E-state index contributed by atoms with van der Waals surface area (Å²) < 4.78 is 65.6. The first-order chi connectivity index (χ1) is 14.3. The maximum absolute atomic E-state index is 13.7. The molecule has 0 saturated heterocycles. The molecule has 9 heteroatoms. The van der Waals surface area contributed by atoms with Gasteiger partial charge in [-0.3, -0.25) is 4.31 Å². The zero-order valence-electron chi connectivity index (χ0n) is 16.1. The molecule has 0 aromatic heterocycles. The minimum absolute atomic E-state index is 0.176. The number of halogens is 3. The first kappa shape index (κ1) is 21.9. The standard InChI is InChI=1S/C21H18ClF2NO4S/c1-28-20-9-6-16(11-21(20)29-2)25(13-14-4-3-5-15(23)10-14)30(26,27)17-7-8-19(24)18(22)12-17/h3-12H,13H2,1-2H3. The average molecular weight is 454 g/mol. The highest BCUT2D eigenvalue weighted by Gasteiger charge is 2.27. The molecular formula is C21H18ClF2NO4S. The summed E-state index contributed by atoms with van der Waals surface area (Å²) in [5.41, 5.74) is 0.666. The summed E-state index contributed by atoms with van der Waals surface area (Å²) in [5, 5.41) is -0.325. The number of benzene rings is 3. The van der Waals surface area contributed by atoms with Gasteiger partial charge in [-0.15, -0.1) is 0 Å². The normalized spacial score (nSPS) is 11.2. The Labute approximate surface area is 178 Å². The molecule has 0 bridgehead atoms. The second kappa shape index (κ2) is 8.89. The van der Waals surface area contributed by atoms with E-state index in [1.807, 2.05) is 0 Å². The molecule has 0 fully saturated rings.